The molecule has 102 valence electrons. The molecule has 0 spiro atoms. The Balaban J connectivity index is 3.13. The quantitative estimate of drug-likeness (QED) is 0.790. The van der Waals surface area contributed by atoms with Crippen molar-refractivity contribution >= 4 is 17.6 Å². The number of benzene rings is 1. The average Bonchev–Trinajstić information content (AvgIpc) is 2.27. The van der Waals surface area contributed by atoms with Crippen LogP contribution in [-0.2, 0) is 14.9 Å². The van der Waals surface area contributed by atoms with Crippen LogP contribution in [0, 0.1) is 11.3 Å². The minimum absolute atomic E-state index is 0.0591. The molecular formula is C15H18ClNO2. The zero-order valence-electron chi connectivity index (χ0n) is 11.7. The lowest BCUT2D eigenvalue weighted by atomic mass is 9.80. The molecule has 0 N–H and O–H groups in total. The summed E-state index contributed by atoms with van der Waals surface area (Å²) in [6, 6.07) is 8.97. The van der Waals surface area contributed by atoms with E-state index in [9.17, 15) is 4.79 Å². The van der Waals surface area contributed by atoms with Gasteiger partial charge in [-0.05, 0) is 45.4 Å². The van der Waals surface area contributed by atoms with Crippen LogP contribution in [0.2, 0.25) is 5.02 Å². The molecule has 1 atom stereocenters. The maximum atomic E-state index is 12.3. The summed E-state index contributed by atoms with van der Waals surface area (Å²) in [6.07, 6.45) is 0.0591. The van der Waals surface area contributed by atoms with Crippen LogP contribution in [0.15, 0.2) is 24.3 Å². The summed E-state index contributed by atoms with van der Waals surface area (Å²) in [5.41, 5.74) is -0.833. The van der Waals surface area contributed by atoms with Crippen LogP contribution in [0.4, 0.5) is 0 Å². The average molecular weight is 280 g/mol. The van der Waals surface area contributed by atoms with Crippen molar-refractivity contribution in [2.75, 3.05) is 0 Å². The zero-order chi connectivity index (χ0) is 14.7. The van der Waals surface area contributed by atoms with Gasteiger partial charge in [0.2, 0.25) is 0 Å². The largest absolute Gasteiger partial charge is 0.459 e. The Hall–Kier alpha value is -1.53. The van der Waals surface area contributed by atoms with Gasteiger partial charge in [0.15, 0.2) is 0 Å². The molecule has 0 aromatic heterocycles. The highest BCUT2D eigenvalue weighted by Gasteiger charge is 2.38. The lowest BCUT2D eigenvalue weighted by molar-refractivity contribution is -0.161. The Labute approximate surface area is 119 Å². The first-order valence-electron chi connectivity index (χ1n) is 6.05. The molecule has 1 aromatic rings. The van der Waals surface area contributed by atoms with Crippen LogP contribution in [0.5, 0.6) is 0 Å². The highest BCUT2D eigenvalue weighted by molar-refractivity contribution is 6.30. The van der Waals surface area contributed by atoms with Gasteiger partial charge in [-0.25, -0.2) is 0 Å². The lowest BCUT2D eigenvalue weighted by Gasteiger charge is -2.30. The Kier molecular flexibility index (Phi) is 4.60. The Morgan fingerprint density at radius 2 is 1.79 bits per heavy atom. The van der Waals surface area contributed by atoms with Gasteiger partial charge in [0.1, 0.15) is 11.0 Å². The van der Waals surface area contributed by atoms with E-state index in [-0.39, 0.29) is 6.42 Å². The van der Waals surface area contributed by atoms with Crippen LogP contribution in [0.25, 0.3) is 0 Å². The normalized spacial score (nSPS) is 14.3. The molecule has 4 heteroatoms. The fourth-order valence-electron chi connectivity index (χ4n) is 1.66. The molecule has 0 fully saturated rings. The summed E-state index contributed by atoms with van der Waals surface area (Å²) in [5.74, 6) is -0.399. The van der Waals surface area contributed by atoms with Crippen LogP contribution < -0.4 is 0 Å². The predicted octanol–water partition coefficient (Wildman–Crippen LogP) is 3.85. The van der Waals surface area contributed by atoms with Gasteiger partial charge in [-0.3, -0.25) is 4.79 Å². The molecule has 3 nitrogen and oxygen atoms in total. The standard InChI is InChI=1S/C15H18ClNO2/c1-14(2,3)19-13(18)15(4,9-10-17)11-5-7-12(16)8-6-11/h5-8H,9H2,1-4H3. The van der Waals surface area contributed by atoms with Gasteiger partial charge in [-0.1, -0.05) is 23.7 Å². The first-order valence-corrected chi connectivity index (χ1v) is 6.43. The van der Waals surface area contributed by atoms with E-state index in [2.05, 4.69) is 6.07 Å². The van der Waals surface area contributed by atoms with Crippen LogP contribution in [0.3, 0.4) is 0 Å². The lowest BCUT2D eigenvalue weighted by Crippen LogP contribution is -2.38. The van der Waals surface area contributed by atoms with E-state index < -0.39 is 17.0 Å². The van der Waals surface area contributed by atoms with Crippen molar-refractivity contribution in [3.63, 3.8) is 0 Å². The van der Waals surface area contributed by atoms with E-state index in [4.69, 9.17) is 21.6 Å². The number of carbonyl (C=O) groups excluding carboxylic acids is 1. The molecule has 1 aromatic carbocycles. The van der Waals surface area contributed by atoms with Crippen molar-refractivity contribution in [2.24, 2.45) is 0 Å². The van der Waals surface area contributed by atoms with Crippen LogP contribution in [-0.4, -0.2) is 11.6 Å². The van der Waals surface area contributed by atoms with Gasteiger partial charge in [0.05, 0.1) is 12.5 Å². The molecule has 0 radical (unpaired) electrons. The van der Waals surface area contributed by atoms with Crippen LogP contribution >= 0.6 is 11.6 Å². The topological polar surface area (TPSA) is 50.1 Å². The molecule has 0 heterocycles. The summed E-state index contributed by atoms with van der Waals surface area (Å²) in [7, 11) is 0. The fraction of sp³-hybridized carbons (Fsp3) is 0.467. The van der Waals surface area contributed by atoms with Crippen molar-refractivity contribution in [3.8, 4) is 6.07 Å². The van der Waals surface area contributed by atoms with Crippen molar-refractivity contribution in [1.82, 2.24) is 0 Å². The summed E-state index contributed by atoms with van der Waals surface area (Å²) >= 11 is 5.84. The molecular weight excluding hydrogens is 262 g/mol. The number of carbonyl (C=O) groups is 1. The number of hydrogen-bond acceptors (Lipinski definition) is 3. The Morgan fingerprint density at radius 3 is 2.21 bits per heavy atom. The minimum Gasteiger partial charge on any atom is -0.459 e. The van der Waals surface area contributed by atoms with E-state index in [1.807, 2.05) is 0 Å². The van der Waals surface area contributed by atoms with Gasteiger partial charge in [-0.15, -0.1) is 0 Å². The highest BCUT2D eigenvalue weighted by Crippen LogP contribution is 2.31. The third-order valence-corrected chi connectivity index (χ3v) is 3.02. The van der Waals surface area contributed by atoms with Gasteiger partial charge in [0, 0.05) is 5.02 Å². The van der Waals surface area contributed by atoms with Gasteiger partial charge in [0.25, 0.3) is 0 Å². The van der Waals surface area contributed by atoms with Gasteiger partial charge in [-0.2, -0.15) is 5.26 Å². The third kappa shape index (κ3) is 3.97. The van der Waals surface area contributed by atoms with E-state index in [1.54, 1.807) is 52.0 Å². The minimum atomic E-state index is -0.980. The molecule has 1 rings (SSSR count). The molecule has 1 unspecified atom stereocenters. The molecule has 0 saturated carbocycles. The van der Waals surface area contributed by atoms with E-state index in [0.29, 0.717) is 5.02 Å². The van der Waals surface area contributed by atoms with E-state index >= 15 is 0 Å². The van der Waals surface area contributed by atoms with E-state index in [1.165, 1.54) is 0 Å². The van der Waals surface area contributed by atoms with E-state index in [0.717, 1.165) is 5.56 Å². The predicted molar refractivity (Wildman–Crippen MR) is 74.9 cm³/mol. The Morgan fingerprint density at radius 1 is 1.26 bits per heavy atom. The summed E-state index contributed by atoms with van der Waals surface area (Å²) in [5, 5.41) is 9.57. The van der Waals surface area contributed by atoms with Crippen LogP contribution in [0.1, 0.15) is 39.7 Å². The maximum absolute atomic E-state index is 12.3. The second kappa shape index (κ2) is 5.63. The van der Waals surface area contributed by atoms with Crippen molar-refractivity contribution < 1.29 is 9.53 Å². The Bertz CT molecular complexity index is 496. The number of hydrogen-bond donors (Lipinski definition) is 0. The number of nitriles is 1. The number of ether oxygens (including phenoxy) is 1. The monoisotopic (exact) mass is 279 g/mol. The summed E-state index contributed by atoms with van der Waals surface area (Å²) in [6.45, 7) is 7.13. The number of rotatable bonds is 3. The second-order valence-electron chi connectivity index (χ2n) is 5.68. The van der Waals surface area contributed by atoms with Crippen molar-refractivity contribution in [1.29, 1.82) is 5.26 Å². The van der Waals surface area contributed by atoms with Crippen molar-refractivity contribution in [3.05, 3.63) is 34.9 Å². The van der Waals surface area contributed by atoms with Crippen molar-refractivity contribution in [2.45, 2.75) is 45.1 Å². The molecule has 0 aliphatic rings. The molecule has 0 saturated heterocycles. The summed E-state index contributed by atoms with van der Waals surface area (Å²) < 4.78 is 5.42. The van der Waals surface area contributed by atoms with Gasteiger partial charge >= 0.3 is 5.97 Å². The van der Waals surface area contributed by atoms with Gasteiger partial charge < -0.3 is 4.74 Å². The smallest absolute Gasteiger partial charge is 0.317 e. The number of nitrogens with zero attached hydrogens (tertiary/aromatic N) is 1. The molecule has 0 aliphatic carbocycles. The molecule has 19 heavy (non-hydrogen) atoms. The number of halogens is 1. The number of esters is 1. The zero-order valence-corrected chi connectivity index (χ0v) is 12.4. The SMILES string of the molecule is CC(C)(C)OC(=O)C(C)(CC#N)c1ccc(Cl)cc1. The molecule has 0 aliphatic heterocycles. The maximum Gasteiger partial charge on any atom is 0.317 e. The molecule has 0 bridgehead atoms. The third-order valence-electron chi connectivity index (χ3n) is 2.76. The first kappa shape index (κ1) is 15.5. The highest BCUT2D eigenvalue weighted by atomic mass is 35.5. The molecule has 0 amide bonds. The first-order chi connectivity index (χ1) is 8.69. The summed E-state index contributed by atoms with van der Waals surface area (Å²) in [4.78, 5) is 12.3. The fourth-order valence-corrected chi connectivity index (χ4v) is 1.78. The second-order valence-corrected chi connectivity index (χ2v) is 6.11.